The lowest BCUT2D eigenvalue weighted by Crippen LogP contribution is -2.79. The highest BCUT2D eigenvalue weighted by molar-refractivity contribution is 8.78. The first-order chi connectivity index (χ1) is 23.3. The lowest BCUT2D eigenvalue weighted by Gasteiger charge is -2.60. The van der Waals surface area contributed by atoms with Crippen molar-refractivity contribution in [2.45, 2.75) is 68.7 Å². The molecule has 8 saturated heterocycles. The third-order valence-electron chi connectivity index (χ3n) is 12.7. The minimum atomic E-state index is -1.87. The van der Waals surface area contributed by atoms with Gasteiger partial charge in [-0.15, -0.1) is 0 Å². The number of amides is 4. The number of piperazine rings is 2. The summed E-state index contributed by atoms with van der Waals surface area (Å²) in [5.41, 5.74) is -1.13. The predicted molar refractivity (Wildman–Crippen MR) is 186 cm³/mol. The number of hydrogen-bond donors (Lipinski definition) is 5. The van der Waals surface area contributed by atoms with Gasteiger partial charge >= 0.3 is 0 Å². The molecule has 0 aliphatic carbocycles. The van der Waals surface area contributed by atoms with Gasteiger partial charge in [0.15, 0.2) is 4.87 Å². The van der Waals surface area contributed by atoms with Crippen LogP contribution < -0.4 is 10.6 Å². The highest BCUT2D eigenvalue weighted by Gasteiger charge is 2.93. The van der Waals surface area contributed by atoms with E-state index in [0.29, 0.717) is 22.5 Å². The second kappa shape index (κ2) is 8.97. The molecule has 17 heteroatoms. The molecular formula is C32H32N6O7S4. The summed E-state index contributed by atoms with van der Waals surface area (Å²) in [6.07, 6.45) is -5.53. The number of carbonyl (C=O) groups excluding carboxylic acids is 4. The average Bonchev–Trinajstić information content (AvgIpc) is 3.75. The number of para-hydroxylation sites is 2. The van der Waals surface area contributed by atoms with Crippen molar-refractivity contribution in [2.75, 3.05) is 31.3 Å². The molecule has 13 nitrogen and oxygen atoms in total. The van der Waals surface area contributed by atoms with Crippen LogP contribution in [0.2, 0.25) is 0 Å². The van der Waals surface area contributed by atoms with Crippen molar-refractivity contribution >= 4 is 78.2 Å². The summed E-state index contributed by atoms with van der Waals surface area (Å²) in [4.78, 5) is 58.4. The Kier molecular flexibility index (Phi) is 5.67. The van der Waals surface area contributed by atoms with Crippen molar-refractivity contribution in [2.24, 2.45) is 5.92 Å². The largest absolute Gasteiger partial charge is 0.392 e. The number of benzene rings is 2. The van der Waals surface area contributed by atoms with Crippen molar-refractivity contribution in [3.63, 3.8) is 0 Å². The molecule has 2 aromatic carbocycles. The van der Waals surface area contributed by atoms with Crippen molar-refractivity contribution in [1.29, 1.82) is 0 Å². The maximum atomic E-state index is 15.1. The van der Waals surface area contributed by atoms with Crippen molar-refractivity contribution < 1.29 is 34.5 Å². The van der Waals surface area contributed by atoms with Gasteiger partial charge in [-0.3, -0.25) is 29.0 Å². The van der Waals surface area contributed by atoms with E-state index in [2.05, 4.69) is 10.6 Å². The van der Waals surface area contributed by atoms with Crippen LogP contribution in [-0.2, 0) is 30.0 Å². The number of rotatable bonds is 3. The van der Waals surface area contributed by atoms with Gasteiger partial charge in [-0.05, 0) is 61.6 Å². The second-order valence-corrected chi connectivity index (χ2v) is 19.5. The van der Waals surface area contributed by atoms with Gasteiger partial charge in [-0.25, -0.2) is 0 Å². The molecule has 0 radical (unpaired) electrons. The number of aliphatic hydroxyl groups excluding tert-OH is 3. The van der Waals surface area contributed by atoms with Crippen LogP contribution in [0.15, 0.2) is 48.5 Å². The average molecular weight is 741 g/mol. The lowest BCUT2D eigenvalue weighted by molar-refractivity contribution is -0.169. The minimum Gasteiger partial charge on any atom is -0.392 e. The zero-order valence-corrected chi connectivity index (χ0v) is 29.9. The number of aliphatic hydroxyl groups is 3. The maximum Gasteiger partial charge on any atom is 0.265 e. The summed E-state index contributed by atoms with van der Waals surface area (Å²) in [7, 11) is 7.57. The molecular weight excluding hydrogens is 709 g/mol. The highest BCUT2D eigenvalue weighted by atomic mass is 33.1. The van der Waals surface area contributed by atoms with Crippen LogP contribution in [0.5, 0.6) is 0 Å². The molecule has 5 N–H and O–H groups in total. The number of fused-ring (bicyclic) bond motifs is 11. The Labute approximate surface area is 296 Å². The molecule has 256 valence electrons. The van der Waals surface area contributed by atoms with Gasteiger partial charge in [0.1, 0.15) is 24.5 Å². The molecule has 10 aliphatic heterocycles. The SMILES string of the molecule is CC(C)[C@@]12SS[C@]3(C(=O)N1C)[C@@H](O)[C@@]1([C@]45c6ccccc6N[C@H]4N4C(=O)[C@]6(CO)SS[C@]4(C(=O)N6C)[C@H]5O)c4ccccc4N[C@@H]1N3C2=O. The Morgan fingerprint density at radius 2 is 1.16 bits per heavy atom. The fourth-order valence-electron chi connectivity index (χ4n) is 10.5. The van der Waals surface area contributed by atoms with Gasteiger partial charge in [0.25, 0.3) is 23.6 Å². The van der Waals surface area contributed by atoms with E-state index in [1.165, 1.54) is 48.2 Å². The molecule has 0 unspecified atom stereocenters. The van der Waals surface area contributed by atoms with Crippen molar-refractivity contribution in [3.8, 4) is 0 Å². The molecule has 4 amide bonds. The van der Waals surface area contributed by atoms with Crippen LogP contribution >= 0.6 is 43.2 Å². The van der Waals surface area contributed by atoms with E-state index in [4.69, 9.17) is 0 Å². The first-order valence-corrected chi connectivity index (χ1v) is 20.3. The fraction of sp³-hybridized carbons (Fsp3) is 0.500. The number of nitrogens with one attached hydrogen (secondary N) is 2. The minimum absolute atomic E-state index is 0.297. The van der Waals surface area contributed by atoms with Crippen LogP contribution in [0.4, 0.5) is 11.4 Å². The number of likely N-dealkylation sites (N-methyl/N-ethyl adjacent to an activating group) is 2. The Balaban J connectivity index is 1.34. The summed E-state index contributed by atoms with van der Waals surface area (Å²) in [6.45, 7) is 3.13. The van der Waals surface area contributed by atoms with Crippen LogP contribution in [0.25, 0.3) is 0 Å². The van der Waals surface area contributed by atoms with E-state index < -0.39 is 79.2 Å². The first kappa shape index (κ1) is 31.0. The Morgan fingerprint density at radius 3 is 1.67 bits per heavy atom. The number of nitrogens with zero attached hydrogens (tertiary/aromatic N) is 4. The molecule has 10 heterocycles. The fourth-order valence-corrected chi connectivity index (χ4v) is 18.4. The van der Waals surface area contributed by atoms with E-state index in [9.17, 15) is 29.7 Å². The topological polar surface area (TPSA) is 166 Å². The third kappa shape index (κ3) is 2.63. The standard InChI is InChI=1S/C32H32N6O7S4/c1-14(2)30-26(45)38-22-29(16-10-6-8-12-18(16)34-22,20(41)32(38,49-47-30)25(44)36(30)4)28-15-9-5-7-11-17(15)33-21(28)37-23(42)27(13-39)35(3)24(43)31(37,19(28)40)48-46-27/h5-12,14,19-22,33-34,39-41H,13H2,1-4H3/t19-,20-,21-,22+,27-,28-,29-,30-,31-,32-/m0/s1. The summed E-state index contributed by atoms with van der Waals surface area (Å²) < 4.78 is 0. The number of anilines is 2. The highest BCUT2D eigenvalue weighted by Crippen LogP contribution is 2.78. The van der Waals surface area contributed by atoms with Crippen LogP contribution in [0.1, 0.15) is 25.0 Å². The Bertz CT molecular complexity index is 1980. The lowest BCUT2D eigenvalue weighted by atomic mass is 9.52. The van der Waals surface area contributed by atoms with Crippen molar-refractivity contribution in [1.82, 2.24) is 19.6 Å². The van der Waals surface area contributed by atoms with Crippen LogP contribution in [-0.4, -0.2) is 123 Å². The number of hydrogen-bond acceptors (Lipinski definition) is 13. The maximum absolute atomic E-state index is 15.1. The molecule has 10 aliphatic rings. The van der Waals surface area contributed by atoms with Crippen LogP contribution in [0, 0.1) is 5.92 Å². The summed E-state index contributed by atoms with van der Waals surface area (Å²) >= 11 is 0. The molecule has 10 atom stereocenters. The molecule has 4 bridgehead atoms. The Morgan fingerprint density at radius 1 is 0.694 bits per heavy atom. The zero-order valence-electron chi connectivity index (χ0n) is 26.6. The molecule has 0 aromatic heterocycles. The normalized spacial score (nSPS) is 45.0. The van der Waals surface area contributed by atoms with E-state index in [1.807, 2.05) is 56.3 Å². The molecule has 49 heavy (non-hydrogen) atoms. The molecule has 2 spiro atoms. The van der Waals surface area contributed by atoms with E-state index in [1.54, 1.807) is 13.1 Å². The third-order valence-corrected chi connectivity index (χ3v) is 20.2. The molecule has 12 rings (SSSR count). The smallest absolute Gasteiger partial charge is 0.265 e. The summed E-state index contributed by atoms with van der Waals surface area (Å²) in [5.74, 6) is -2.18. The molecule has 8 fully saturated rings. The van der Waals surface area contributed by atoms with E-state index in [-0.39, 0.29) is 11.8 Å². The predicted octanol–water partition coefficient (Wildman–Crippen LogP) is 0.939. The second-order valence-electron chi connectivity index (χ2n) is 14.3. The number of carbonyl (C=O) groups is 4. The van der Waals surface area contributed by atoms with E-state index in [0.717, 1.165) is 21.6 Å². The summed E-state index contributed by atoms with van der Waals surface area (Å²) in [5, 5.41) is 44.5. The Hall–Kier alpha value is -2.80. The van der Waals surface area contributed by atoms with Gasteiger partial charge in [0, 0.05) is 25.5 Å². The molecule has 0 saturated carbocycles. The molecule has 2 aromatic rings. The van der Waals surface area contributed by atoms with Gasteiger partial charge in [-0.1, -0.05) is 61.0 Å². The van der Waals surface area contributed by atoms with Gasteiger partial charge < -0.3 is 35.8 Å². The summed E-state index contributed by atoms with van der Waals surface area (Å²) in [6, 6.07) is 14.6. The van der Waals surface area contributed by atoms with Crippen molar-refractivity contribution in [3.05, 3.63) is 59.7 Å². The first-order valence-electron chi connectivity index (χ1n) is 16.0. The van der Waals surface area contributed by atoms with Gasteiger partial charge in [0.2, 0.25) is 14.6 Å². The van der Waals surface area contributed by atoms with Gasteiger partial charge in [0.05, 0.1) is 17.4 Å². The van der Waals surface area contributed by atoms with Crippen LogP contribution in [0.3, 0.4) is 0 Å². The quantitative estimate of drug-likeness (QED) is 0.283. The van der Waals surface area contributed by atoms with E-state index >= 15 is 4.79 Å². The monoisotopic (exact) mass is 740 g/mol. The zero-order chi connectivity index (χ0) is 34.4. The van der Waals surface area contributed by atoms with Gasteiger partial charge in [-0.2, -0.15) is 0 Å².